The number of carboxylic acids is 1. The Hall–Kier alpha value is -1.89. The highest BCUT2D eigenvalue weighted by Gasteiger charge is 2.22. The van der Waals surface area contributed by atoms with Crippen molar-refractivity contribution in [2.75, 3.05) is 7.11 Å². The lowest BCUT2D eigenvalue weighted by Crippen LogP contribution is -2.40. The number of nitrogens with one attached hydrogen (secondary N) is 1. The van der Waals surface area contributed by atoms with E-state index in [0.717, 1.165) is 0 Å². The number of rotatable bonds is 7. The number of carboxylic acid groups (broad SMARTS) is 1. The number of aromatic nitrogens is 1. The van der Waals surface area contributed by atoms with Crippen molar-refractivity contribution in [2.24, 2.45) is 5.92 Å². The number of carbonyl (C=O) groups is 2. The smallest absolute Gasteiger partial charge is 0.305 e. The van der Waals surface area contributed by atoms with Crippen LogP contribution in [-0.2, 0) is 16.1 Å². The van der Waals surface area contributed by atoms with Gasteiger partial charge in [0, 0.05) is 19.2 Å². The second-order valence-electron chi connectivity index (χ2n) is 4.53. The van der Waals surface area contributed by atoms with E-state index < -0.39 is 17.9 Å². The quantitative estimate of drug-likeness (QED) is 0.767. The second-order valence-corrected chi connectivity index (χ2v) is 4.53. The second kappa shape index (κ2) is 6.89. The van der Waals surface area contributed by atoms with Crippen molar-refractivity contribution in [1.82, 2.24) is 10.5 Å². The zero-order valence-electron chi connectivity index (χ0n) is 11.2. The van der Waals surface area contributed by atoms with Crippen molar-refractivity contribution in [3.8, 4) is 0 Å². The highest BCUT2D eigenvalue weighted by molar-refractivity contribution is 5.92. The molecule has 1 aromatic rings. The summed E-state index contributed by atoms with van der Waals surface area (Å²) in [6.07, 6.45) is -0.133. The third-order valence-electron chi connectivity index (χ3n) is 2.59. The summed E-state index contributed by atoms with van der Waals surface area (Å²) in [6.45, 7) is 3.91. The predicted octanol–water partition coefficient (Wildman–Crippen LogP) is 1.05. The molecule has 1 aromatic heterocycles. The van der Waals surface area contributed by atoms with Crippen LogP contribution in [0.1, 0.15) is 36.5 Å². The van der Waals surface area contributed by atoms with E-state index in [0.29, 0.717) is 5.76 Å². The van der Waals surface area contributed by atoms with E-state index in [1.54, 1.807) is 0 Å². The number of methoxy groups -OCH3 is 1. The minimum absolute atomic E-state index is 0.00500. The number of ether oxygens (including phenoxy) is 1. The third kappa shape index (κ3) is 4.70. The molecule has 7 nitrogen and oxygen atoms in total. The van der Waals surface area contributed by atoms with Gasteiger partial charge in [-0.1, -0.05) is 19.0 Å². The Balaban J connectivity index is 2.67. The molecular formula is C12H18N2O5. The molecule has 2 N–H and O–H groups in total. The maximum atomic E-state index is 11.9. The molecule has 1 heterocycles. The molecule has 1 atom stereocenters. The number of amides is 1. The molecule has 0 saturated carbocycles. The molecule has 106 valence electrons. The molecule has 1 amide bonds. The average molecular weight is 270 g/mol. The SMILES string of the molecule is COCc1cc(C(=O)NC(CC(=O)O)C(C)C)no1. The van der Waals surface area contributed by atoms with Crippen LogP contribution < -0.4 is 5.32 Å². The average Bonchev–Trinajstić information content (AvgIpc) is 2.76. The molecule has 1 rings (SSSR count). The van der Waals surface area contributed by atoms with Gasteiger partial charge in [0.05, 0.1) is 6.42 Å². The Morgan fingerprint density at radius 1 is 1.53 bits per heavy atom. The van der Waals surface area contributed by atoms with Crippen molar-refractivity contribution in [1.29, 1.82) is 0 Å². The van der Waals surface area contributed by atoms with E-state index in [1.807, 2.05) is 13.8 Å². The Bertz CT molecular complexity index is 441. The molecule has 0 aromatic carbocycles. The molecule has 7 heteroatoms. The maximum Gasteiger partial charge on any atom is 0.305 e. The van der Waals surface area contributed by atoms with Gasteiger partial charge in [-0.05, 0) is 5.92 Å². The fourth-order valence-corrected chi connectivity index (χ4v) is 1.51. The summed E-state index contributed by atoms with van der Waals surface area (Å²) in [5, 5.41) is 15.0. The van der Waals surface area contributed by atoms with Crippen LogP contribution in [0, 0.1) is 5.92 Å². The zero-order valence-corrected chi connectivity index (χ0v) is 11.2. The van der Waals surface area contributed by atoms with Gasteiger partial charge < -0.3 is 19.7 Å². The Morgan fingerprint density at radius 3 is 2.74 bits per heavy atom. The highest BCUT2D eigenvalue weighted by atomic mass is 16.5. The predicted molar refractivity (Wildman–Crippen MR) is 65.6 cm³/mol. The number of aliphatic carboxylic acids is 1. The van der Waals surface area contributed by atoms with Crippen LogP contribution in [0.25, 0.3) is 0 Å². The third-order valence-corrected chi connectivity index (χ3v) is 2.59. The van der Waals surface area contributed by atoms with Crippen molar-refractivity contribution >= 4 is 11.9 Å². The summed E-state index contributed by atoms with van der Waals surface area (Å²) in [7, 11) is 1.50. The minimum Gasteiger partial charge on any atom is -0.481 e. The first-order chi connectivity index (χ1) is 8.93. The topological polar surface area (TPSA) is 102 Å². The highest BCUT2D eigenvalue weighted by Crippen LogP contribution is 2.09. The standard InChI is InChI=1S/C12H18N2O5/c1-7(2)9(5-11(15)16)13-12(17)10-4-8(6-18-3)19-14-10/h4,7,9H,5-6H2,1-3H3,(H,13,17)(H,15,16). The van der Waals surface area contributed by atoms with Gasteiger partial charge in [-0.15, -0.1) is 0 Å². The van der Waals surface area contributed by atoms with E-state index in [4.69, 9.17) is 14.4 Å². The van der Waals surface area contributed by atoms with Gasteiger partial charge in [-0.25, -0.2) is 0 Å². The normalized spacial score (nSPS) is 12.4. The summed E-state index contributed by atoms with van der Waals surface area (Å²) < 4.78 is 9.75. The van der Waals surface area contributed by atoms with Crippen LogP contribution in [0.3, 0.4) is 0 Å². The number of nitrogens with zero attached hydrogens (tertiary/aromatic N) is 1. The molecular weight excluding hydrogens is 252 g/mol. The van der Waals surface area contributed by atoms with Crippen LogP contribution in [0.15, 0.2) is 10.6 Å². The summed E-state index contributed by atoms with van der Waals surface area (Å²) in [5.41, 5.74) is 0.114. The van der Waals surface area contributed by atoms with Gasteiger partial charge in [0.25, 0.3) is 5.91 Å². The number of hydrogen-bond acceptors (Lipinski definition) is 5. The lowest BCUT2D eigenvalue weighted by Gasteiger charge is -2.19. The molecule has 0 bridgehead atoms. The summed E-state index contributed by atoms with van der Waals surface area (Å²) in [6, 6.07) is 1.02. The zero-order chi connectivity index (χ0) is 14.4. The van der Waals surface area contributed by atoms with E-state index >= 15 is 0 Å². The van der Waals surface area contributed by atoms with Crippen LogP contribution in [-0.4, -0.2) is 35.3 Å². The van der Waals surface area contributed by atoms with Crippen LogP contribution in [0.4, 0.5) is 0 Å². The monoisotopic (exact) mass is 270 g/mol. The van der Waals surface area contributed by atoms with E-state index in [2.05, 4.69) is 10.5 Å². The molecule has 1 unspecified atom stereocenters. The minimum atomic E-state index is -0.959. The number of carbonyl (C=O) groups excluding carboxylic acids is 1. The van der Waals surface area contributed by atoms with E-state index in [1.165, 1.54) is 13.2 Å². The van der Waals surface area contributed by atoms with Crippen molar-refractivity contribution in [3.05, 3.63) is 17.5 Å². The van der Waals surface area contributed by atoms with Gasteiger partial charge in [-0.3, -0.25) is 9.59 Å². The van der Waals surface area contributed by atoms with Gasteiger partial charge in [0.2, 0.25) is 0 Å². The van der Waals surface area contributed by atoms with Gasteiger partial charge in [-0.2, -0.15) is 0 Å². The molecule has 0 radical (unpaired) electrons. The van der Waals surface area contributed by atoms with Gasteiger partial charge >= 0.3 is 5.97 Å². The molecule has 0 aliphatic carbocycles. The fraction of sp³-hybridized carbons (Fsp3) is 0.583. The molecule has 0 aliphatic rings. The van der Waals surface area contributed by atoms with E-state index in [9.17, 15) is 9.59 Å². The summed E-state index contributed by atoms with van der Waals surface area (Å²) >= 11 is 0. The van der Waals surface area contributed by atoms with Crippen molar-refractivity contribution in [3.63, 3.8) is 0 Å². The molecule has 19 heavy (non-hydrogen) atoms. The Kier molecular flexibility index (Phi) is 5.50. The van der Waals surface area contributed by atoms with Crippen LogP contribution in [0.2, 0.25) is 0 Å². The summed E-state index contributed by atoms with van der Waals surface area (Å²) in [4.78, 5) is 22.6. The Morgan fingerprint density at radius 2 is 2.21 bits per heavy atom. The largest absolute Gasteiger partial charge is 0.481 e. The van der Waals surface area contributed by atoms with Gasteiger partial charge in [0.15, 0.2) is 11.5 Å². The van der Waals surface area contributed by atoms with Crippen molar-refractivity contribution in [2.45, 2.75) is 32.9 Å². The molecule has 0 saturated heterocycles. The lowest BCUT2D eigenvalue weighted by molar-refractivity contribution is -0.137. The summed E-state index contributed by atoms with van der Waals surface area (Å²) in [5.74, 6) is -0.970. The van der Waals surface area contributed by atoms with E-state index in [-0.39, 0.29) is 24.6 Å². The van der Waals surface area contributed by atoms with Crippen LogP contribution >= 0.6 is 0 Å². The first kappa shape index (κ1) is 15.2. The molecule has 0 aliphatic heterocycles. The van der Waals surface area contributed by atoms with Crippen molar-refractivity contribution < 1.29 is 24.0 Å². The first-order valence-corrected chi connectivity index (χ1v) is 5.91. The lowest BCUT2D eigenvalue weighted by atomic mass is 10.0. The van der Waals surface area contributed by atoms with Crippen LogP contribution in [0.5, 0.6) is 0 Å². The number of hydrogen-bond donors (Lipinski definition) is 2. The first-order valence-electron chi connectivity index (χ1n) is 5.91. The Labute approximate surface area is 110 Å². The van der Waals surface area contributed by atoms with Gasteiger partial charge in [0.1, 0.15) is 6.61 Å². The molecule has 0 fully saturated rings. The fourth-order valence-electron chi connectivity index (χ4n) is 1.51. The maximum absolute atomic E-state index is 11.9. The molecule has 0 spiro atoms.